The van der Waals surface area contributed by atoms with Gasteiger partial charge in [0.25, 0.3) is 0 Å². The van der Waals surface area contributed by atoms with Gasteiger partial charge in [-0.1, -0.05) is 85.0 Å². The van der Waals surface area contributed by atoms with Crippen LogP contribution >= 0.6 is 45.2 Å². The van der Waals surface area contributed by atoms with Gasteiger partial charge in [0, 0.05) is 0 Å². The second-order valence-electron chi connectivity index (χ2n) is 10.8. The lowest BCUT2D eigenvalue weighted by Crippen LogP contribution is -2.31. The van der Waals surface area contributed by atoms with E-state index in [0.717, 1.165) is 28.2 Å². The van der Waals surface area contributed by atoms with Gasteiger partial charge in [0.05, 0.1) is 11.1 Å². The van der Waals surface area contributed by atoms with E-state index in [4.69, 9.17) is 14.2 Å². The number of halogens is 2. The van der Waals surface area contributed by atoms with Crippen molar-refractivity contribution < 1.29 is 14.2 Å². The second kappa shape index (κ2) is 10.8. The van der Waals surface area contributed by atoms with Crippen molar-refractivity contribution in [2.24, 2.45) is 5.41 Å². The molecule has 0 saturated heterocycles. The molecule has 4 rings (SSSR count). The molecular weight excluding hydrogens is 650 g/mol. The quantitative estimate of drug-likeness (QED) is 0.194. The number of aryl methyl sites for hydroxylation is 2. The van der Waals surface area contributed by atoms with Crippen LogP contribution in [0.1, 0.15) is 111 Å². The van der Waals surface area contributed by atoms with Gasteiger partial charge in [0.2, 0.25) is 12.6 Å². The fourth-order valence-electron chi connectivity index (χ4n) is 5.26. The molecule has 2 heterocycles. The summed E-state index contributed by atoms with van der Waals surface area (Å²) in [6, 6.07) is 9.11. The molecule has 186 valence electrons. The maximum atomic E-state index is 6.51. The van der Waals surface area contributed by atoms with Crippen LogP contribution in [0, 0.1) is 19.3 Å². The van der Waals surface area contributed by atoms with Gasteiger partial charge in [0.1, 0.15) is 11.5 Å². The Morgan fingerprint density at radius 3 is 1.91 bits per heavy atom. The van der Waals surface area contributed by atoms with Crippen molar-refractivity contribution in [3.05, 3.63) is 57.6 Å². The van der Waals surface area contributed by atoms with E-state index in [-0.39, 0.29) is 5.41 Å². The Kier molecular flexibility index (Phi) is 8.45. The predicted molar refractivity (Wildman–Crippen MR) is 157 cm³/mol. The third-order valence-electron chi connectivity index (χ3n) is 7.82. The minimum atomic E-state index is -0.425. The van der Waals surface area contributed by atoms with Crippen LogP contribution in [0.2, 0.25) is 0 Å². The predicted octanol–water partition coefficient (Wildman–Crippen LogP) is 9.47. The summed E-state index contributed by atoms with van der Waals surface area (Å²) in [6.07, 6.45) is 4.04. The number of rotatable bonds is 9. The molecule has 0 fully saturated rings. The van der Waals surface area contributed by atoms with Crippen molar-refractivity contribution in [1.82, 2.24) is 0 Å². The zero-order valence-electron chi connectivity index (χ0n) is 21.3. The Labute approximate surface area is 233 Å². The Morgan fingerprint density at radius 1 is 0.824 bits per heavy atom. The molecule has 4 atom stereocenters. The number of hydrogen-bond donors (Lipinski definition) is 0. The van der Waals surface area contributed by atoms with Crippen molar-refractivity contribution in [2.75, 3.05) is 8.86 Å². The van der Waals surface area contributed by atoms with Gasteiger partial charge in [-0.25, -0.2) is 0 Å². The highest BCUT2D eigenvalue weighted by molar-refractivity contribution is 14.1. The zero-order valence-corrected chi connectivity index (χ0v) is 25.7. The summed E-state index contributed by atoms with van der Waals surface area (Å²) in [5.41, 5.74) is 7.29. The van der Waals surface area contributed by atoms with Crippen LogP contribution in [0.25, 0.3) is 0 Å². The van der Waals surface area contributed by atoms with Crippen molar-refractivity contribution in [2.45, 2.75) is 91.6 Å². The van der Waals surface area contributed by atoms with E-state index in [2.05, 4.69) is 111 Å². The van der Waals surface area contributed by atoms with Crippen LogP contribution in [0.3, 0.4) is 0 Å². The number of alkyl halides is 2. The second-order valence-corrected chi connectivity index (χ2v) is 12.9. The molecule has 2 aliphatic rings. The smallest absolute Gasteiger partial charge is 0.233 e. The molecule has 34 heavy (non-hydrogen) atoms. The summed E-state index contributed by atoms with van der Waals surface area (Å²) in [5, 5.41) is 0. The van der Waals surface area contributed by atoms with E-state index in [9.17, 15) is 0 Å². The summed E-state index contributed by atoms with van der Waals surface area (Å²) < 4.78 is 21.8. The molecule has 3 nitrogen and oxygen atoms in total. The van der Waals surface area contributed by atoms with Gasteiger partial charge in [0.15, 0.2) is 0 Å². The third-order valence-corrected chi connectivity index (χ3v) is 9.35. The summed E-state index contributed by atoms with van der Waals surface area (Å²) in [7, 11) is 0. The molecule has 2 bridgehead atoms. The molecule has 0 spiro atoms. The first-order valence-electron chi connectivity index (χ1n) is 12.6. The average molecular weight is 688 g/mol. The monoisotopic (exact) mass is 688 g/mol. The molecule has 0 aromatic heterocycles. The lowest BCUT2D eigenvalue weighted by atomic mass is 9.72. The third kappa shape index (κ3) is 5.26. The summed E-state index contributed by atoms with van der Waals surface area (Å²) in [5.74, 6) is 2.79. The average Bonchev–Trinajstić information content (AvgIpc) is 2.81. The highest BCUT2D eigenvalue weighted by Crippen LogP contribution is 2.51. The normalized spacial score (nSPS) is 20.6. The molecule has 2 aromatic carbocycles. The molecule has 0 radical (unpaired) electrons. The lowest BCUT2D eigenvalue weighted by Gasteiger charge is -2.40. The van der Waals surface area contributed by atoms with Crippen molar-refractivity contribution in [3.63, 3.8) is 0 Å². The summed E-state index contributed by atoms with van der Waals surface area (Å²) in [6.45, 7) is 13.7. The van der Waals surface area contributed by atoms with E-state index < -0.39 is 12.6 Å². The Morgan fingerprint density at radius 2 is 1.35 bits per heavy atom. The Balaban J connectivity index is 1.65. The molecule has 0 saturated carbocycles. The highest BCUT2D eigenvalue weighted by Gasteiger charge is 2.40. The van der Waals surface area contributed by atoms with E-state index in [1.54, 1.807) is 0 Å². The number of ether oxygens (including phenoxy) is 3. The minimum Gasteiger partial charge on any atom is -0.459 e. The standard InChI is InChI=1S/C29H38I2O3/c1-17(9-7-11-30)21-13-18(2)25-23(15-21)27-33-26-19(3)14-22(16-24(26)28(32-25)34-27)20(4)29(5,6)10-8-12-31/h13-17,20,27-28H,7-12H2,1-6H3. The fourth-order valence-corrected chi connectivity index (χ4v) is 6.08. The Hall–Kier alpha value is -0.540. The molecule has 5 heteroatoms. The van der Waals surface area contributed by atoms with Crippen molar-refractivity contribution in [3.8, 4) is 11.5 Å². The zero-order chi connectivity index (χ0) is 24.6. The lowest BCUT2D eigenvalue weighted by molar-refractivity contribution is -0.228. The maximum Gasteiger partial charge on any atom is 0.233 e. The van der Waals surface area contributed by atoms with Gasteiger partial charge in [-0.15, -0.1) is 0 Å². The van der Waals surface area contributed by atoms with Gasteiger partial charge in [-0.05, 0) is 100 Å². The van der Waals surface area contributed by atoms with Gasteiger partial charge in [-0.3, -0.25) is 4.74 Å². The first-order chi connectivity index (χ1) is 16.2. The van der Waals surface area contributed by atoms with Gasteiger partial charge >= 0.3 is 0 Å². The van der Waals surface area contributed by atoms with E-state index in [0.29, 0.717) is 11.8 Å². The highest BCUT2D eigenvalue weighted by atomic mass is 127. The van der Waals surface area contributed by atoms with E-state index in [1.807, 2.05) is 0 Å². The van der Waals surface area contributed by atoms with Crippen LogP contribution in [0.5, 0.6) is 11.5 Å². The molecule has 0 N–H and O–H groups in total. The first-order valence-corrected chi connectivity index (χ1v) is 15.6. The SMILES string of the molecule is Cc1cc(C(C)CCCI)cc2c1OC1OC2Oc2c(C)cc(C(C)C(C)(C)CCCI)cc21. The molecule has 0 aliphatic carbocycles. The summed E-state index contributed by atoms with van der Waals surface area (Å²) >= 11 is 4.94. The molecule has 4 unspecified atom stereocenters. The van der Waals surface area contributed by atoms with Crippen LogP contribution in [0.4, 0.5) is 0 Å². The van der Waals surface area contributed by atoms with Crippen molar-refractivity contribution in [1.29, 1.82) is 0 Å². The van der Waals surface area contributed by atoms with E-state index in [1.165, 1.54) is 51.2 Å². The molecule has 0 amide bonds. The number of hydrogen-bond acceptors (Lipinski definition) is 3. The number of fused-ring (bicyclic) bond motifs is 6. The van der Waals surface area contributed by atoms with E-state index >= 15 is 0 Å². The first kappa shape index (κ1) is 26.5. The maximum absolute atomic E-state index is 6.51. The van der Waals surface area contributed by atoms with Crippen LogP contribution in [0.15, 0.2) is 24.3 Å². The molecule has 2 aliphatic heterocycles. The molecular formula is C29H38I2O3. The van der Waals surface area contributed by atoms with Gasteiger partial charge in [-0.2, -0.15) is 0 Å². The number of benzene rings is 2. The largest absolute Gasteiger partial charge is 0.459 e. The topological polar surface area (TPSA) is 27.7 Å². The van der Waals surface area contributed by atoms with Crippen LogP contribution < -0.4 is 9.47 Å². The summed E-state index contributed by atoms with van der Waals surface area (Å²) in [4.78, 5) is 0. The van der Waals surface area contributed by atoms with Gasteiger partial charge < -0.3 is 9.47 Å². The van der Waals surface area contributed by atoms with Crippen molar-refractivity contribution >= 4 is 45.2 Å². The Bertz CT molecular complexity index is 1030. The fraction of sp³-hybridized carbons (Fsp3) is 0.586. The van der Waals surface area contributed by atoms with Crippen LogP contribution in [-0.4, -0.2) is 8.86 Å². The molecule has 2 aromatic rings. The van der Waals surface area contributed by atoms with Crippen LogP contribution in [-0.2, 0) is 4.74 Å². The minimum absolute atomic E-state index is 0.228.